The SMILES string of the molecule is C=CCCCCCCCCC(=O)N/C=C\N. The summed E-state index contributed by atoms with van der Waals surface area (Å²) in [6.07, 6.45) is 13.6. The van der Waals surface area contributed by atoms with Crippen LogP contribution < -0.4 is 11.1 Å². The van der Waals surface area contributed by atoms with Gasteiger partial charge < -0.3 is 11.1 Å². The van der Waals surface area contributed by atoms with E-state index in [4.69, 9.17) is 5.73 Å². The van der Waals surface area contributed by atoms with Gasteiger partial charge in [0.2, 0.25) is 5.91 Å². The van der Waals surface area contributed by atoms with E-state index in [9.17, 15) is 4.79 Å². The van der Waals surface area contributed by atoms with Crippen molar-refractivity contribution in [3.05, 3.63) is 25.1 Å². The van der Waals surface area contributed by atoms with Crippen molar-refractivity contribution in [3.8, 4) is 0 Å². The molecule has 0 aliphatic rings. The van der Waals surface area contributed by atoms with Crippen molar-refractivity contribution in [2.45, 2.75) is 51.4 Å². The summed E-state index contributed by atoms with van der Waals surface area (Å²) < 4.78 is 0. The predicted molar refractivity (Wildman–Crippen MR) is 68.6 cm³/mol. The molecule has 3 heteroatoms. The zero-order chi connectivity index (χ0) is 12.1. The molecule has 3 N–H and O–H groups in total. The molecule has 0 aliphatic heterocycles. The van der Waals surface area contributed by atoms with Crippen LogP contribution in [0.5, 0.6) is 0 Å². The lowest BCUT2D eigenvalue weighted by molar-refractivity contribution is -0.120. The van der Waals surface area contributed by atoms with Crippen LogP contribution in [0.4, 0.5) is 0 Å². The number of unbranched alkanes of at least 4 members (excludes halogenated alkanes) is 6. The first kappa shape index (κ1) is 14.8. The fourth-order valence-electron chi connectivity index (χ4n) is 1.49. The summed E-state index contributed by atoms with van der Waals surface area (Å²) >= 11 is 0. The van der Waals surface area contributed by atoms with Crippen LogP contribution in [0.15, 0.2) is 25.1 Å². The number of nitrogens with two attached hydrogens (primary N) is 1. The van der Waals surface area contributed by atoms with Gasteiger partial charge in [-0.25, -0.2) is 0 Å². The molecule has 92 valence electrons. The minimum Gasteiger partial charge on any atom is -0.403 e. The Balaban J connectivity index is 3.14. The van der Waals surface area contributed by atoms with E-state index in [2.05, 4.69) is 11.9 Å². The van der Waals surface area contributed by atoms with Gasteiger partial charge in [0.15, 0.2) is 0 Å². The van der Waals surface area contributed by atoms with Crippen molar-refractivity contribution in [2.24, 2.45) is 5.73 Å². The Labute approximate surface area is 98.8 Å². The first-order valence-electron chi connectivity index (χ1n) is 6.08. The van der Waals surface area contributed by atoms with Gasteiger partial charge in [-0.05, 0) is 19.3 Å². The topological polar surface area (TPSA) is 55.1 Å². The Morgan fingerprint density at radius 1 is 1.12 bits per heavy atom. The average molecular weight is 224 g/mol. The van der Waals surface area contributed by atoms with E-state index in [1.165, 1.54) is 38.1 Å². The Hall–Kier alpha value is -1.25. The third kappa shape index (κ3) is 10.8. The highest BCUT2D eigenvalue weighted by atomic mass is 16.1. The van der Waals surface area contributed by atoms with Crippen LogP contribution in [0.3, 0.4) is 0 Å². The van der Waals surface area contributed by atoms with Crippen LogP contribution in [0.2, 0.25) is 0 Å². The zero-order valence-electron chi connectivity index (χ0n) is 10.1. The van der Waals surface area contributed by atoms with E-state index in [1.54, 1.807) is 0 Å². The molecule has 0 aromatic carbocycles. The highest BCUT2D eigenvalue weighted by Gasteiger charge is 1.97. The van der Waals surface area contributed by atoms with Crippen molar-refractivity contribution in [1.29, 1.82) is 0 Å². The molecule has 0 aromatic heterocycles. The number of hydrogen-bond acceptors (Lipinski definition) is 2. The molecule has 0 aliphatic carbocycles. The van der Waals surface area contributed by atoms with Gasteiger partial charge in [-0.3, -0.25) is 4.79 Å². The van der Waals surface area contributed by atoms with E-state index < -0.39 is 0 Å². The van der Waals surface area contributed by atoms with E-state index >= 15 is 0 Å². The smallest absolute Gasteiger partial charge is 0.223 e. The van der Waals surface area contributed by atoms with Crippen molar-refractivity contribution in [1.82, 2.24) is 5.32 Å². The molecule has 0 rings (SSSR count). The maximum Gasteiger partial charge on any atom is 0.223 e. The lowest BCUT2D eigenvalue weighted by Crippen LogP contribution is -2.16. The van der Waals surface area contributed by atoms with Crippen LogP contribution in [0.1, 0.15) is 51.4 Å². The first-order chi connectivity index (χ1) is 7.81. The van der Waals surface area contributed by atoms with Gasteiger partial charge in [-0.15, -0.1) is 6.58 Å². The normalized spacial score (nSPS) is 10.5. The number of nitrogens with one attached hydrogen (secondary N) is 1. The third-order valence-electron chi connectivity index (χ3n) is 2.40. The summed E-state index contributed by atoms with van der Waals surface area (Å²) in [6, 6.07) is 0. The number of carbonyl (C=O) groups excluding carboxylic acids is 1. The minimum absolute atomic E-state index is 0.0494. The van der Waals surface area contributed by atoms with Crippen molar-refractivity contribution >= 4 is 5.91 Å². The Kier molecular flexibility index (Phi) is 10.9. The average Bonchev–Trinajstić information content (AvgIpc) is 2.30. The number of carbonyl (C=O) groups is 1. The maximum atomic E-state index is 11.1. The fourth-order valence-corrected chi connectivity index (χ4v) is 1.49. The zero-order valence-corrected chi connectivity index (χ0v) is 10.1. The van der Waals surface area contributed by atoms with Gasteiger partial charge in [0.1, 0.15) is 0 Å². The molecule has 0 spiro atoms. The Bertz CT molecular complexity index is 212. The largest absolute Gasteiger partial charge is 0.403 e. The molecule has 0 bridgehead atoms. The van der Waals surface area contributed by atoms with Gasteiger partial charge in [-0.2, -0.15) is 0 Å². The van der Waals surface area contributed by atoms with Gasteiger partial charge in [0, 0.05) is 18.8 Å². The van der Waals surface area contributed by atoms with Crippen LogP contribution >= 0.6 is 0 Å². The van der Waals surface area contributed by atoms with Crippen LogP contribution in [-0.2, 0) is 4.79 Å². The summed E-state index contributed by atoms with van der Waals surface area (Å²) in [5, 5.41) is 2.60. The van der Waals surface area contributed by atoms with Gasteiger partial charge >= 0.3 is 0 Å². The highest BCUT2D eigenvalue weighted by Crippen LogP contribution is 2.08. The lowest BCUT2D eigenvalue weighted by Gasteiger charge is -2.01. The highest BCUT2D eigenvalue weighted by molar-refractivity contribution is 5.76. The molecule has 0 saturated heterocycles. The van der Waals surface area contributed by atoms with E-state index in [0.717, 1.165) is 19.3 Å². The molecular weight excluding hydrogens is 200 g/mol. The van der Waals surface area contributed by atoms with Crippen LogP contribution in [-0.4, -0.2) is 5.91 Å². The number of amides is 1. The van der Waals surface area contributed by atoms with E-state index in [1.807, 2.05) is 6.08 Å². The molecule has 0 radical (unpaired) electrons. The molecule has 1 amide bonds. The molecule has 0 atom stereocenters. The molecule has 3 nitrogen and oxygen atoms in total. The summed E-state index contributed by atoms with van der Waals surface area (Å²) in [5.74, 6) is 0.0494. The lowest BCUT2D eigenvalue weighted by atomic mass is 10.1. The van der Waals surface area contributed by atoms with Crippen LogP contribution in [0.25, 0.3) is 0 Å². The molecular formula is C13H24N2O. The number of rotatable bonds is 10. The second-order valence-corrected chi connectivity index (χ2v) is 3.88. The van der Waals surface area contributed by atoms with Crippen molar-refractivity contribution < 1.29 is 4.79 Å². The number of hydrogen-bond donors (Lipinski definition) is 2. The summed E-state index contributed by atoms with van der Waals surface area (Å²) in [7, 11) is 0. The molecule has 0 saturated carbocycles. The van der Waals surface area contributed by atoms with Crippen LogP contribution in [0, 0.1) is 0 Å². The van der Waals surface area contributed by atoms with E-state index in [-0.39, 0.29) is 5.91 Å². The Morgan fingerprint density at radius 3 is 2.38 bits per heavy atom. The molecule has 0 fully saturated rings. The molecule has 0 aromatic rings. The predicted octanol–water partition coefficient (Wildman–Crippen LogP) is 2.84. The molecule has 0 heterocycles. The minimum atomic E-state index is 0.0494. The second kappa shape index (κ2) is 11.8. The Morgan fingerprint density at radius 2 is 1.75 bits per heavy atom. The standard InChI is InChI=1S/C13H24N2O/c1-2-3-4-5-6-7-8-9-10-13(16)15-12-11-14/h2,11-12H,1,3-10,14H2,(H,15,16)/b12-11-. The first-order valence-corrected chi connectivity index (χ1v) is 6.08. The third-order valence-corrected chi connectivity index (χ3v) is 2.40. The summed E-state index contributed by atoms with van der Waals surface area (Å²) in [6.45, 7) is 3.69. The van der Waals surface area contributed by atoms with Crippen molar-refractivity contribution in [2.75, 3.05) is 0 Å². The number of allylic oxidation sites excluding steroid dienone is 1. The summed E-state index contributed by atoms with van der Waals surface area (Å²) in [5.41, 5.74) is 5.11. The van der Waals surface area contributed by atoms with Crippen molar-refractivity contribution in [3.63, 3.8) is 0 Å². The van der Waals surface area contributed by atoms with E-state index in [0.29, 0.717) is 6.42 Å². The van der Waals surface area contributed by atoms with Gasteiger partial charge in [0.25, 0.3) is 0 Å². The molecule has 16 heavy (non-hydrogen) atoms. The maximum absolute atomic E-state index is 11.1. The fraction of sp³-hybridized carbons (Fsp3) is 0.615. The quantitative estimate of drug-likeness (QED) is 0.443. The summed E-state index contributed by atoms with van der Waals surface area (Å²) in [4.78, 5) is 11.1. The van der Waals surface area contributed by atoms with Gasteiger partial charge in [-0.1, -0.05) is 31.8 Å². The second-order valence-electron chi connectivity index (χ2n) is 3.88. The van der Waals surface area contributed by atoms with Gasteiger partial charge in [0.05, 0.1) is 0 Å². The monoisotopic (exact) mass is 224 g/mol. The molecule has 0 unspecified atom stereocenters.